The Bertz CT molecular complexity index is 244. The van der Waals surface area contributed by atoms with Gasteiger partial charge in [-0.15, -0.1) is 0 Å². The molecular formula is C14H26O3. The number of hydrogen-bond acceptors (Lipinski definition) is 3. The molecule has 1 saturated carbocycles. The molecule has 3 rings (SSSR count). The molecule has 2 saturated heterocycles. The third-order valence-corrected chi connectivity index (χ3v) is 4.73. The molecule has 0 spiro atoms. The normalized spacial score (nSPS) is 48.7. The molecule has 0 aromatic carbocycles. The van der Waals surface area contributed by atoms with Crippen LogP contribution in [0.25, 0.3) is 0 Å². The van der Waals surface area contributed by atoms with Crippen LogP contribution in [0, 0.1) is 17.8 Å². The van der Waals surface area contributed by atoms with Crippen molar-refractivity contribution >= 4 is 0 Å². The molecule has 0 radical (unpaired) electrons. The van der Waals surface area contributed by atoms with E-state index in [2.05, 4.69) is 13.8 Å². The van der Waals surface area contributed by atoms with Gasteiger partial charge in [-0.25, -0.2) is 0 Å². The van der Waals surface area contributed by atoms with Crippen molar-refractivity contribution in [2.75, 3.05) is 7.11 Å². The minimum Gasteiger partial charge on any atom is -0.400 e. The third-order valence-electron chi connectivity index (χ3n) is 4.73. The van der Waals surface area contributed by atoms with Gasteiger partial charge in [-0.05, 0) is 51.4 Å². The average molecular weight is 242 g/mol. The summed E-state index contributed by atoms with van der Waals surface area (Å²) in [7, 11) is 1.00. The van der Waals surface area contributed by atoms with Crippen LogP contribution < -0.4 is 0 Å². The highest BCUT2D eigenvalue weighted by Gasteiger charge is 2.49. The van der Waals surface area contributed by atoms with E-state index in [-0.39, 0.29) is 6.29 Å². The molecule has 100 valence electrons. The molecule has 2 aliphatic heterocycles. The van der Waals surface area contributed by atoms with Crippen molar-refractivity contribution in [3.63, 3.8) is 0 Å². The molecule has 5 unspecified atom stereocenters. The smallest absolute Gasteiger partial charge is 0.161 e. The lowest BCUT2D eigenvalue weighted by atomic mass is 9.70. The van der Waals surface area contributed by atoms with Crippen LogP contribution in [0.3, 0.4) is 0 Å². The Morgan fingerprint density at radius 3 is 2.47 bits per heavy atom. The maximum atomic E-state index is 7.00. The van der Waals surface area contributed by atoms with E-state index in [0.29, 0.717) is 18.1 Å². The summed E-state index contributed by atoms with van der Waals surface area (Å²) in [5.74, 6) is 2.36. The van der Waals surface area contributed by atoms with E-state index in [1.54, 1.807) is 0 Å². The Morgan fingerprint density at radius 1 is 0.941 bits per heavy atom. The van der Waals surface area contributed by atoms with Crippen LogP contribution in [0.15, 0.2) is 0 Å². The van der Waals surface area contributed by atoms with Gasteiger partial charge in [0.25, 0.3) is 0 Å². The molecule has 17 heavy (non-hydrogen) atoms. The number of aliphatic hydroxyl groups excluding tert-OH is 1. The Balaban J connectivity index is 0.000000514. The maximum Gasteiger partial charge on any atom is 0.161 e. The molecule has 1 aliphatic carbocycles. The quantitative estimate of drug-likeness (QED) is 0.709. The highest BCUT2D eigenvalue weighted by Crippen LogP contribution is 2.49. The first kappa shape index (κ1) is 13.3. The van der Waals surface area contributed by atoms with Crippen LogP contribution >= 0.6 is 0 Å². The topological polar surface area (TPSA) is 38.7 Å². The highest BCUT2D eigenvalue weighted by atomic mass is 16.7. The van der Waals surface area contributed by atoms with E-state index in [4.69, 9.17) is 14.6 Å². The summed E-state index contributed by atoms with van der Waals surface area (Å²) in [5, 5.41) is 7.00. The molecule has 0 aromatic rings. The van der Waals surface area contributed by atoms with E-state index < -0.39 is 0 Å². The Morgan fingerprint density at radius 2 is 1.71 bits per heavy atom. The van der Waals surface area contributed by atoms with Gasteiger partial charge in [-0.1, -0.05) is 6.42 Å². The van der Waals surface area contributed by atoms with E-state index in [0.717, 1.165) is 18.9 Å². The van der Waals surface area contributed by atoms with Crippen molar-refractivity contribution in [3.05, 3.63) is 0 Å². The molecule has 3 nitrogen and oxygen atoms in total. The zero-order valence-electron chi connectivity index (χ0n) is 11.3. The number of rotatable bonds is 0. The van der Waals surface area contributed by atoms with Crippen LogP contribution in [0.2, 0.25) is 0 Å². The fourth-order valence-corrected chi connectivity index (χ4v) is 3.93. The van der Waals surface area contributed by atoms with Crippen molar-refractivity contribution in [3.8, 4) is 0 Å². The standard InChI is InChI=1S/C13H22O2.CH4O/c1-8-6-7-10-4-3-5-11-9(2)15-13(14-8)12(10)11;1-2/h8-13H,3-7H2,1-2H3;2H,1H3/t8?,9-,10?,11?,12?,13?;/m0./s1. The summed E-state index contributed by atoms with van der Waals surface area (Å²) in [5.41, 5.74) is 0. The molecule has 6 atom stereocenters. The largest absolute Gasteiger partial charge is 0.400 e. The van der Waals surface area contributed by atoms with Gasteiger partial charge in [0, 0.05) is 13.0 Å². The summed E-state index contributed by atoms with van der Waals surface area (Å²) in [4.78, 5) is 0. The first-order valence-electron chi connectivity index (χ1n) is 7.01. The molecular weight excluding hydrogens is 216 g/mol. The zero-order valence-corrected chi connectivity index (χ0v) is 11.3. The summed E-state index contributed by atoms with van der Waals surface area (Å²) in [6.07, 6.45) is 7.69. The number of hydrogen-bond donors (Lipinski definition) is 1. The van der Waals surface area contributed by atoms with Crippen molar-refractivity contribution in [2.45, 2.75) is 64.4 Å². The lowest BCUT2D eigenvalue weighted by molar-refractivity contribution is -0.168. The molecule has 3 heteroatoms. The van der Waals surface area contributed by atoms with Crippen LogP contribution in [-0.2, 0) is 9.47 Å². The minimum absolute atomic E-state index is 0.118. The second-order valence-corrected chi connectivity index (χ2v) is 5.67. The first-order chi connectivity index (χ1) is 8.25. The number of aliphatic hydroxyl groups is 1. The summed E-state index contributed by atoms with van der Waals surface area (Å²) >= 11 is 0. The minimum atomic E-state index is 0.118. The van der Waals surface area contributed by atoms with Crippen LogP contribution in [-0.4, -0.2) is 30.7 Å². The van der Waals surface area contributed by atoms with Crippen molar-refractivity contribution in [1.29, 1.82) is 0 Å². The molecule has 0 aromatic heterocycles. The van der Waals surface area contributed by atoms with Crippen molar-refractivity contribution in [1.82, 2.24) is 0 Å². The van der Waals surface area contributed by atoms with Crippen molar-refractivity contribution < 1.29 is 14.6 Å². The summed E-state index contributed by atoms with van der Waals surface area (Å²) < 4.78 is 12.0. The van der Waals surface area contributed by atoms with E-state index in [1.165, 1.54) is 32.1 Å². The van der Waals surface area contributed by atoms with E-state index in [9.17, 15) is 0 Å². The van der Waals surface area contributed by atoms with Gasteiger partial charge in [0.05, 0.1) is 12.2 Å². The first-order valence-corrected chi connectivity index (χ1v) is 7.01. The number of ether oxygens (including phenoxy) is 2. The monoisotopic (exact) mass is 242 g/mol. The molecule has 0 bridgehead atoms. The van der Waals surface area contributed by atoms with Gasteiger partial charge < -0.3 is 14.6 Å². The highest BCUT2D eigenvalue weighted by molar-refractivity contribution is 4.93. The molecule has 2 heterocycles. The molecule has 3 fully saturated rings. The van der Waals surface area contributed by atoms with Gasteiger partial charge in [0.1, 0.15) is 0 Å². The van der Waals surface area contributed by atoms with Gasteiger partial charge in [-0.2, -0.15) is 0 Å². The van der Waals surface area contributed by atoms with E-state index >= 15 is 0 Å². The second kappa shape index (κ2) is 5.68. The summed E-state index contributed by atoms with van der Waals surface area (Å²) in [6, 6.07) is 0. The summed E-state index contributed by atoms with van der Waals surface area (Å²) in [6.45, 7) is 4.42. The molecule has 0 amide bonds. The van der Waals surface area contributed by atoms with Crippen molar-refractivity contribution in [2.24, 2.45) is 17.8 Å². The second-order valence-electron chi connectivity index (χ2n) is 5.67. The zero-order chi connectivity index (χ0) is 12.4. The average Bonchev–Trinajstić information content (AvgIpc) is 2.57. The molecule has 1 N–H and O–H groups in total. The fourth-order valence-electron chi connectivity index (χ4n) is 3.93. The SMILES string of the molecule is CC1CCC2CCCC3C2C(O1)O[C@H]3C.CO. The van der Waals surface area contributed by atoms with Crippen LogP contribution in [0.4, 0.5) is 0 Å². The Labute approximate surface area is 104 Å². The lowest BCUT2D eigenvalue weighted by Crippen LogP contribution is -2.32. The fraction of sp³-hybridized carbons (Fsp3) is 1.00. The maximum absolute atomic E-state index is 7.00. The van der Waals surface area contributed by atoms with Gasteiger partial charge in [0.2, 0.25) is 0 Å². The van der Waals surface area contributed by atoms with Crippen LogP contribution in [0.5, 0.6) is 0 Å². The Hall–Kier alpha value is -0.120. The predicted octanol–water partition coefficient (Wildman–Crippen LogP) is 2.57. The Kier molecular flexibility index (Phi) is 4.45. The predicted molar refractivity (Wildman–Crippen MR) is 66.6 cm³/mol. The lowest BCUT2D eigenvalue weighted by Gasteiger charge is -2.33. The van der Waals surface area contributed by atoms with E-state index in [1.807, 2.05) is 0 Å². The van der Waals surface area contributed by atoms with Crippen LogP contribution in [0.1, 0.15) is 46.0 Å². The third kappa shape index (κ3) is 2.51. The molecule has 3 aliphatic rings. The van der Waals surface area contributed by atoms with Gasteiger partial charge >= 0.3 is 0 Å². The van der Waals surface area contributed by atoms with Gasteiger partial charge in [-0.3, -0.25) is 0 Å². The van der Waals surface area contributed by atoms with Gasteiger partial charge in [0.15, 0.2) is 6.29 Å².